The second-order valence-electron chi connectivity index (χ2n) is 5.03. The van der Waals surface area contributed by atoms with E-state index in [-0.39, 0.29) is 11.3 Å². The Morgan fingerprint density at radius 2 is 2.19 bits per heavy atom. The second-order valence-corrected chi connectivity index (χ2v) is 5.03. The average Bonchev–Trinajstić information content (AvgIpc) is 2.80. The number of furan rings is 1. The second kappa shape index (κ2) is 4.73. The molecule has 0 unspecified atom stereocenters. The lowest BCUT2D eigenvalue weighted by atomic mass is 9.76. The molecule has 0 atom stereocenters. The Balaban J connectivity index is 1.84. The van der Waals surface area contributed by atoms with E-state index in [0.717, 1.165) is 6.54 Å². The first-order chi connectivity index (χ1) is 7.70. The molecule has 16 heavy (non-hydrogen) atoms. The fourth-order valence-electron chi connectivity index (χ4n) is 2.37. The van der Waals surface area contributed by atoms with Gasteiger partial charge < -0.3 is 9.73 Å². The molecule has 0 aromatic carbocycles. The molecule has 0 saturated heterocycles. The highest BCUT2D eigenvalue weighted by Crippen LogP contribution is 2.34. The molecule has 3 heteroatoms. The van der Waals surface area contributed by atoms with Crippen LogP contribution in [0.15, 0.2) is 22.8 Å². The largest absolute Gasteiger partial charge is 0.459 e. The fraction of sp³-hybridized carbons (Fsp3) is 0.615. The quantitative estimate of drug-likeness (QED) is 0.852. The van der Waals surface area contributed by atoms with Gasteiger partial charge >= 0.3 is 0 Å². The van der Waals surface area contributed by atoms with Crippen LogP contribution >= 0.6 is 0 Å². The molecule has 0 aliphatic heterocycles. The number of hydrogen-bond acceptors (Lipinski definition) is 2. The summed E-state index contributed by atoms with van der Waals surface area (Å²) in [7, 11) is 0. The Labute approximate surface area is 96.2 Å². The van der Waals surface area contributed by atoms with Crippen LogP contribution in [-0.4, -0.2) is 12.5 Å². The van der Waals surface area contributed by atoms with Crippen molar-refractivity contribution in [2.75, 3.05) is 6.54 Å². The molecule has 3 nitrogen and oxygen atoms in total. The first kappa shape index (κ1) is 11.2. The zero-order valence-electron chi connectivity index (χ0n) is 9.79. The Kier molecular flexibility index (Phi) is 3.32. The summed E-state index contributed by atoms with van der Waals surface area (Å²) in [4.78, 5) is 11.7. The van der Waals surface area contributed by atoms with Gasteiger partial charge in [-0.25, -0.2) is 0 Å². The topological polar surface area (TPSA) is 42.2 Å². The molecule has 1 N–H and O–H groups in total. The van der Waals surface area contributed by atoms with E-state index in [1.807, 2.05) is 0 Å². The van der Waals surface area contributed by atoms with Crippen molar-refractivity contribution in [2.24, 2.45) is 5.41 Å². The van der Waals surface area contributed by atoms with Gasteiger partial charge in [0.05, 0.1) is 6.26 Å². The van der Waals surface area contributed by atoms with Gasteiger partial charge in [-0.3, -0.25) is 4.79 Å². The summed E-state index contributed by atoms with van der Waals surface area (Å²) >= 11 is 0. The van der Waals surface area contributed by atoms with Crippen LogP contribution in [0.2, 0.25) is 0 Å². The molecule has 1 amide bonds. The van der Waals surface area contributed by atoms with Gasteiger partial charge in [0.25, 0.3) is 5.91 Å². The van der Waals surface area contributed by atoms with Gasteiger partial charge in [-0.1, -0.05) is 26.2 Å². The predicted octanol–water partition coefficient (Wildman–Crippen LogP) is 2.98. The van der Waals surface area contributed by atoms with Crippen LogP contribution in [0, 0.1) is 5.41 Å². The number of hydrogen-bond donors (Lipinski definition) is 1. The van der Waals surface area contributed by atoms with Crippen LogP contribution in [0.25, 0.3) is 0 Å². The molecule has 0 bridgehead atoms. The van der Waals surface area contributed by atoms with Crippen molar-refractivity contribution < 1.29 is 9.21 Å². The summed E-state index contributed by atoms with van der Waals surface area (Å²) in [5.74, 6) is 0.302. The number of carbonyl (C=O) groups is 1. The van der Waals surface area contributed by atoms with E-state index in [1.54, 1.807) is 12.1 Å². The summed E-state index contributed by atoms with van der Waals surface area (Å²) < 4.78 is 5.06. The summed E-state index contributed by atoms with van der Waals surface area (Å²) in [6.07, 6.45) is 7.86. The van der Waals surface area contributed by atoms with Crippen LogP contribution in [0.1, 0.15) is 49.6 Å². The normalized spacial score (nSPS) is 19.3. The summed E-state index contributed by atoms with van der Waals surface area (Å²) in [6.45, 7) is 3.01. The predicted molar refractivity (Wildman–Crippen MR) is 62.2 cm³/mol. The van der Waals surface area contributed by atoms with Gasteiger partial charge in [0.1, 0.15) is 0 Å². The van der Waals surface area contributed by atoms with Crippen LogP contribution in [0.4, 0.5) is 0 Å². The number of amides is 1. The van der Waals surface area contributed by atoms with E-state index in [1.165, 1.54) is 38.4 Å². The van der Waals surface area contributed by atoms with Crippen molar-refractivity contribution in [1.29, 1.82) is 0 Å². The molecule has 1 aromatic rings. The van der Waals surface area contributed by atoms with Crippen molar-refractivity contribution in [3.05, 3.63) is 24.2 Å². The Morgan fingerprint density at radius 3 is 2.81 bits per heavy atom. The third kappa shape index (κ3) is 2.65. The fourth-order valence-corrected chi connectivity index (χ4v) is 2.37. The number of nitrogens with one attached hydrogen (secondary N) is 1. The Morgan fingerprint density at radius 1 is 1.44 bits per heavy atom. The molecule has 2 rings (SSSR count). The Bertz CT molecular complexity index is 337. The molecular formula is C13H19NO2. The van der Waals surface area contributed by atoms with E-state index < -0.39 is 0 Å². The van der Waals surface area contributed by atoms with Crippen molar-refractivity contribution in [3.63, 3.8) is 0 Å². The van der Waals surface area contributed by atoms with Crippen LogP contribution < -0.4 is 5.32 Å². The van der Waals surface area contributed by atoms with E-state index in [4.69, 9.17) is 4.42 Å². The SMILES string of the molecule is CC1(CNC(=O)c2ccco2)CCCCC1. The number of rotatable bonds is 3. The Hall–Kier alpha value is -1.25. The van der Waals surface area contributed by atoms with Crippen molar-refractivity contribution in [1.82, 2.24) is 5.32 Å². The zero-order chi connectivity index (χ0) is 11.4. The van der Waals surface area contributed by atoms with E-state index in [9.17, 15) is 4.79 Å². The highest BCUT2D eigenvalue weighted by atomic mass is 16.3. The highest BCUT2D eigenvalue weighted by molar-refractivity contribution is 5.91. The van der Waals surface area contributed by atoms with Gasteiger partial charge in [-0.05, 0) is 30.4 Å². The highest BCUT2D eigenvalue weighted by Gasteiger charge is 2.27. The van der Waals surface area contributed by atoms with Crippen molar-refractivity contribution in [3.8, 4) is 0 Å². The van der Waals surface area contributed by atoms with Gasteiger partial charge in [0.15, 0.2) is 5.76 Å². The maximum Gasteiger partial charge on any atom is 0.286 e. The summed E-state index contributed by atoms with van der Waals surface area (Å²) in [6, 6.07) is 3.43. The minimum absolute atomic E-state index is 0.100. The number of carbonyl (C=O) groups excluding carboxylic acids is 1. The minimum atomic E-state index is -0.100. The summed E-state index contributed by atoms with van der Waals surface area (Å²) in [5, 5.41) is 2.96. The molecule has 88 valence electrons. The molecule has 1 aromatic heterocycles. The lowest BCUT2D eigenvalue weighted by Crippen LogP contribution is -2.36. The van der Waals surface area contributed by atoms with Gasteiger partial charge in [-0.15, -0.1) is 0 Å². The molecule has 1 heterocycles. The third-order valence-corrected chi connectivity index (χ3v) is 3.48. The first-order valence-electron chi connectivity index (χ1n) is 6.01. The molecular weight excluding hydrogens is 202 g/mol. The molecule has 1 aliphatic carbocycles. The van der Waals surface area contributed by atoms with Crippen LogP contribution in [0.5, 0.6) is 0 Å². The van der Waals surface area contributed by atoms with E-state index in [2.05, 4.69) is 12.2 Å². The van der Waals surface area contributed by atoms with Crippen molar-refractivity contribution in [2.45, 2.75) is 39.0 Å². The monoisotopic (exact) mass is 221 g/mol. The minimum Gasteiger partial charge on any atom is -0.459 e. The third-order valence-electron chi connectivity index (χ3n) is 3.48. The van der Waals surface area contributed by atoms with Gasteiger partial charge in [0, 0.05) is 6.54 Å². The van der Waals surface area contributed by atoms with E-state index >= 15 is 0 Å². The first-order valence-corrected chi connectivity index (χ1v) is 6.01. The maximum atomic E-state index is 11.7. The molecule has 0 spiro atoms. The summed E-state index contributed by atoms with van der Waals surface area (Å²) in [5.41, 5.74) is 0.278. The van der Waals surface area contributed by atoms with Gasteiger partial charge in [-0.2, -0.15) is 0 Å². The average molecular weight is 221 g/mol. The molecule has 1 aliphatic rings. The van der Waals surface area contributed by atoms with E-state index in [0.29, 0.717) is 5.76 Å². The molecule has 0 radical (unpaired) electrons. The van der Waals surface area contributed by atoms with Gasteiger partial charge in [0.2, 0.25) is 0 Å². The zero-order valence-corrected chi connectivity index (χ0v) is 9.79. The molecule has 1 saturated carbocycles. The lowest BCUT2D eigenvalue weighted by molar-refractivity contribution is 0.0891. The maximum absolute atomic E-state index is 11.7. The standard InChI is InChI=1S/C13H19NO2/c1-13(7-3-2-4-8-13)10-14-12(15)11-6-5-9-16-11/h5-6,9H,2-4,7-8,10H2,1H3,(H,14,15). The molecule has 1 fully saturated rings. The smallest absolute Gasteiger partial charge is 0.286 e. The van der Waals surface area contributed by atoms with Crippen LogP contribution in [0.3, 0.4) is 0 Å². The van der Waals surface area contributed by atoms with Crippen LogP contribution in [-0.2, 0) is 0 Å². The van der Waals surface area contributed by atoms with Crippen molar-refractivity contribution >= 4 is 5.91 Å². The lowest BCUT2D eigenvalue weighted by Gasteiger charge is -2.33.